The van der Waals surface area contributed by atoms with Crippen molar-refractivity contribution in [2.45, 2.75) is 37.9 Å². The molecule has 5 nitrogen and oxygen atoms in total. The summed E-state index contributed by atoms with van der Waals surface area (Å²) in [6.45, 7) is 0. The van der Waals surface area contributed by atoms with Crippen LogP contribution in [0.1, 0.15) is 37.8 Å². The molecule has 0 radical (unpaired) electrons. The molecular formula is C13H20N2O3S. The van der Waals surface area contributed by atoms with Crippen LogP contribution in [0, 0.1) is 5.92 Å². The van der Waals surface area contributed by atoms with Gasteiger partial charge in [-0.3, -0.25) is 4.98 Å². The van der Waals surface area contributed by atoms with E-state index < -0.39 is 9.84 Å². The molecule has 106 valence electrons. The van der Waals surface area contributed by atoms with Gasteiger partial charge in [-0.1, -0.05) is 19.3 Å². The zero-order valence-corrected chi connectivity index (χ0v) is 12.0. The van der Waals surface area contributed by atoms with Gasteiger partial charge in [0, 0.05) is 6.20 Å². The Bertz CT molecular complexity index is 510. The fraction of sp³-hybridized carbons (Fsp3) is 0.692. The molecule has 1 fully saturated rings. The summed E-state index contributed by atoms with van der Waals surface area (Å²) in [5.74, 6) is 0.891. The third kappa shape index (κ3) is 4.45. The molecule has 1 aliphatic carbocycles. The number of hydrogen-bond donors (Lipinski definition) is 0. The summed E-state index contributed by atoms with van der Waals surface area (Å²) in [5.41, 5.74) is 0.454. The van der Waals surface area contributed by atoms with Gasteiger partial charge in [-0.25, -0.2) is 13.4 Å². The maximum atomic E-state index is 12.2. The van der Waals surface area contributed by atoms with E-state index in [1.807, 2.05) is 0 Å². The number of ether oxygens (including phenoxy) is 1. The van der Waals surface area contributed by atoms with Crippen LogP contribution in [-0.2, 0) is 15.6 Å². The summed E-state index contributed by atoms with van der Waals surface area (Å²) in [6, 6.07) is 0. The van der Waals surface area contributed by atoms with E-state index in [0.717, 1.165) is 25.7 Å². The normalized spacial score (nSPS) is 17.3. The highest BCUT2D eigenvalue weighted by molar-refractivity contribution is 7.90. The SMILES string of the molecule is COc1cncc(CS(=O)(=O)CC2CCCCC2)n1. The predicted octanol–water partition coefficient (Wildman–Crippen LogP) is 1.98. The Morgan fingerprint density at radius 3 is 2.68 bits per heavy atom. The van der Waals surface area contributed by atoms with Gasteiger partial charge >= 0.3 is 0 Å². The first-order chi connectivity index (χ1) is 9.09. The molecule has 1 aromatic heterocycles. The van der Waals surface area contributed by atoms with E-state index in [9.17, 15) is 8.42 Å². The van der Waals surface area contributed by atoms with E-state index in [1.165, 1.54) is 25.9 Å². The van der Waals surface area contributed by atoms with Crippen molar-refractivity contribution in [3.8, 4) is 5.88 Å². The fourth-order valence-corrected chi connectivity index (χ4v) is 4.31. The number of aromatic nitrogens is 2. The summed E-state index contributed by atoms with van der Waals surface area (Å²) in [5, 5.41) is 0. The van der Waals surface area contributed by atoms with Crippen molar-refractivity contribution in [3.05, 3.63) is 18.1 Å². The minimum atomic E-state index is -3.12. The second-order valence-electron chi connectivity index (χ2n) is 5.11. The highest BCUT2D eigenvalue weighted by Crippen LogP contribution is 2.25. The number of hydrogen-bond acceptors (Lipinski definition) is 5. The van der Waals surface area contributed by atoms with Crippen LogP contribution >= 0.6 is 0 Å². The Hall–Kier alpha value is -1.17. The van der Waals surface area contributed by atoms with Crippen molar-refractivity contribution in [1.29, 1.82) is 0 Å². The van der Waals surface area contributed by atoms with Gasteiger partial charge in [-0.15, -0.1) is 0 Å². The van der Waals surface area contributed by atoms with Crippen LogP contribution in [-0.4, -0.2) is 31.2 Å². The van der Waals surface area contributed by atoms with Gasteiger partial charge in [0.1, 0.15) is 0 Å². The molecule has 1 saturated carbocycles. The average Bonchev–Trinajstić information content (AvgIpc) is 2.39. The monoisotopic (exact) mass is 284 g/mol. The summed E-state index contributed by atoms with van der Waals surface area (Å²) >= 11 is 0. The van der Waals surface area contributed by atoms with Crippen molar-refractivity contribution in [1.82, 2.24) is 9.97 Å². The van der Waals surface area contributed by atoms with E-state index in [2.05, 4.69) is 9.97 Å². The lowest BCUT2D eigenvalue weighted by atomic mass is 9.91. The van der Waals surface area contributed by atoms with Crippen LogP contribution in [0.5, 0.6) is 5.88 Å². The van der Waals surface area contributed by atoms with Gasteiger partial charge in [0.15, 0.2) is 9.84 Å². The molecule has 19 heavy (non-hydrogen) atoms. The Kier molecular flexibility index (Phi) is 4.74. The molecule has 2 rings (SSSR count). The second kappa shape index (κ2) is 6.32. The van der Waals surface area contributed by atoms with Crippen LogP contribution in [0.3, 0.4) is 0 Å². The molecule has 0 unspecified atom stereocenters. The summed E-state index contributed by atoms with van der Waals surface area (Å²) in [7, 11) is -1.63. The van der Waals surface area contributed by atoms with Gasteiger partial charge < -0.3 is 4.74 Å². The molecule has 0 atom stereocenters. The lowest BCUT2D eigenvalue weighted by Crippen LogP contribution is -2.20. The van der Waals surface area contributed by atoms with Gasteiger partial charge in [0.2, 0.25) is 5.88 Å². The Balaban J connectivity index is 1.99. The van der Waals surface area contributed by atoms with E-state index in [1.54, 1.807) is 0 Å². The van der Waals surface area contributed by atoms with Crippen LogP contribution in [0.15, 0.2) is 12.4 Å². The minimum Gasteiger partial charge on any atom is -0.480 e. The molecule has 1 heterocycles. The van der Waals surface area contributed by atoms with Crippen LogP contribution in [0.2, 0.25) is 0 Å². The predicted molar refractivity (Wildman–Crippen MR) is 72.6 cm³/mol. The zero-order chi connectivity index (χ0) is 13.7. The van der Waals surface area contributed by atoms with Crippen molar-refractivity contribution >= 4 is 9.84 Å². The minimum absolute atomic E-state index is 0.0479. The first kappa shape index (κ1) is 14.2. The molecule has 0 aromatic carbocycles. The average molecular weight is 284 g/mol. The van der Waals surface area contributed by atoms with Crippen molar-refractivity contribution in [3.63, 3.8) is 0 Å². The van der Waals surface area contributed by atoms with Crippen LogP contribution in [0.4, 0.5) is 0 Å². The summed E-state index contributed by atoms with van der Waals surface area (Å²) < 4.78 is 29.3. The number of sulfone groups is 1. The lowest BCUT2D eigenvalue weighted by molar-refractivity contribution is 0.384. The molecule has 1 aliphatic rings. The molecule has 0 aliphatic heterocycles. The molecule has 0 spiro atoms. The second-order valence-corrected chi connectivity index (χ2v) is 7.22. The van der Waals surface area contributed by atoms with Gasteiger partial charge in [0.25, 0.3) is 0 Å². The summed E-state index contributed by atoms with van der Waals surface area (Å²) in [6.07, 6.45) is 8.56. The zero-order valence-electron chi connectivity index (χ0n) is 11.2. The standard InChI is InChI=1S/C13H20N2O3S/c1-18-13-8-14-7-12(15-13)10-19(16,17)9-11-5-3-2-4-6-11/h7-8,11H,2-6,9-10H2,1H3. The maximum Gasteiger partial charge on any atom is 0.232 e. The molecule has 6 heteroatoms. The Labute approximate surface area is 114 Å². The number of methoxy groups -OCH3 is 1. The largest absolute Gasteiger partial charge is 0.480 e. The van der Waals surface area contributed by atoms with E-state index in [4.69, 9.17) is 4.74 Å². The van der Waals surface area contributed by atoms with E-state index in [0.29, 0.717) is 17.5 Å². The van der Waals surface area contributed by atoms with E-state index in [-0.39, 0.29) is 11.5 Å². The van der Waals surface area contributed by atoms with Crippen molar-refractivity contribution < 1.29 is 13.2 Å². The molecule has 0 amide bonds. The molecule has 1 aromatic rings. The quantitative estimate of drug-likeness (QED) is 0.827. The molecule has 0 saturated heterocycles. The van der Waals surface area contributed by atoms with Gasteiger partial charge in [0.05, 0.1) is 30.5 Å². The highest BCUT2D eigenvalue weighted by atomic mass is 32.2. The van der Waals surface area contributed by atoms with Gasteiger partial charge in [-0.2, -0.15) is 0 Å². The molecular weight excluding hydrogens is 264 g/mol. The number of rotatable bonds is 5. The first-order valence-electron chi connectivity index (χ1n) is 6.64. The lowest BCUT2D eigenvalue weighted by Gasteiger charge is -2.21. The number of nitrogens with zero attached hydrogens (tertiary/aromatic N) is 2. The third-order valence-electron chi connectivity index (χ3n) is 3.45. The van der Waals surface area contributed by atoms with Crippen LogP contribution in [0.25, 0.3) is 0 Å². The van der Waals surface area contributed by atoms with Crippen molar-refractivity contribution in [2.75, 3.05) is 12.9 Å². The van der Waals surface area contributed by atoms with E-state index >= 15 is 0 Å². The fourth-order valence-electron chi connectivity index (χ4n) is 2.55. The van der Waals surface area contributed by atoms with Crippen LogP contribution < -0.4 is 4.74 Å². The highest BCUT2D eigenvalue weighted by Gasteiger charge is 2.22. The first-order valence-corrected chi connectivity index (χ1v) is 8.46. The van der Waals surface area contributed by atoms with Gasteiger partial charge in [-0.05, 0) is 18.8 Å². The molecule has 0 N–H and O–H groups in total. The third-order valence-corrected chi connectivity index (χ3v) is 5.17. The molecule has 0 bridgehead atoms. The summed E-state index contributed by atoms with van der Waals surface area (Å²) in [4.78, 5) is 8.04. The topological polar surface area (TPSA) is 69.2 Å². The van der Waals surface area contributed by atoms with Crippen molar-refractivity contribution in [2.24, 2.45) is 5.92 Å². The maximum absolute atomic E-state index is 12.2. The Morgan fingerprint density at radius 2 is 2.00 bits per heavy atom. The Morgan fingerprint density at radius 1 is 1.26 bits per heavy atom. The smallest absolute Gasteiger partial charge is 0.232 e.